The Morgan fingerprint density at radius 3 is 2.81 bits per heavy atom. The molecule has 0 spiro atoms. The summed E-state index contributed by atoms with van der Waals surface area (Å²) in [6.45, 7) is 0.316. The maximum atomic E-state index is 13.9. The van der Waals surface area contributed by atoms with E-state index in [4.69, 9.17) is 10.5 Å². The zero-order valence-electron chi connectivity index (χ0n) is 11.4. The van der Waals surface area contributed by atoms with Crippen LogP contribution in [0.25, 0.3) is 0 Å². The summed E-state index contributed by atoms with van der Waals surface area (Å²) in [6.07, 6.45) is 0. The van der Waals surface area contributed by atoms with E-state index in [1.807, 2.05) is 0 Å². The molecular weight excluding hydrogens is 284 g/mol. The summed E-state index contributed by atoms with van der Waals surface area (Å²) in [6, 6.07) is 0.673. The minimum Gasteiger partial charge on any atom is -0.396 e. The monoisotopic (exact) mass is 299 g/mol. The van der Waals surface area contributed by atoms with Gasteiger partial charge in [-0.15, -0.1) is 0 Å². The van der Waals surface area contributed by atoms with Crippen LogP contribution in [0.2, 0.25) is 0 Å². The van der Waals surface area contributed by atoms with Gasteiger partial charge in [-0.05, 0) is 12.1 Å². The lowest BCUT2D eigenvalue weighted by Gasteiger charge is -2.34. The standard InChI is InChI=1S/C13H15F2N3O3/c1-17-12(19)10-6-21-3-2-18(10)13(20)8-4-7(14)5-9(16)11(8)15/h4-5,10H,2-3,6,16H2,1H3,(H,17,19). The van der Waals surface area contributed by atoms with E-state index in [9.17, 15) is 18.4 Å². The fourth-order valence-corrected chi connectivity index (χ4v) is 2.15. The lowest BCUT2D eigenvalue weighted by Crippen LogP contribution is -2.55. The summed E-state index contributed by atoms with van der Waals surface area (Å²) < 4.78 is 32.4. The summed E-state index contributed by atoms with van der Waals surface area (Å²) in [5, 5.41) is 2.40. The predicted octanol–water partition coefficient (Wildman–Crippen LogP) is 0.134. The zero-order chi connectivity index (χ0) is 15.6. The third-order valence-corrected chi connectivity index (χ3v) is 3.23. The van der Waals surface area contributed by atoms with E-state index in [-0.39, 0.29) is 19.8 Å². The van der Waals surface area contributed by atoms with Gasteiger partial charge in [-0.25, -0.2) is 8.78 Å². The Kier molecular flexibility index (Phi) is 4.37. The molecule has 1 atom stereocenters. The fraction of sp³-hybridized carbons (Fsp3) is 0.385. The number of amides is 2. The van der Waals surface area contributed by atoms with Crippen molar-refractivity contribution in [3.05, 3.63) is 29.3 Å². The molecule has 3 N–H and O–H groups in total. The van der Waals surface area contributed by atoms with Gasteiger partial charge in [0.25, 0.3) is 5.91 Å². The Labute approximate surface area is 119 Å². The van der Waals surface area contributed by atoms with Crippen LogP contribution < -0.4 is 11.1 Å². The van der Waals surface area contributed by atoms with E-state index in [1.54, 1.807) is 0 Å². The lowest BCUT2D eigenvalue weighted by atomic mass is 10.1. The molecule has 6 nitrogen and oxygen atoms in total. The highest BCUT2D eigenvalue weighted by molar-refractivity contribution is 5.98. The van der Waals surface area contributed by atoms with Crippen LogP contribution in [0.3, 0.4) is 0 Å². The number of hydrogen-bond donors (Lipinski definition) is 2. The number of carbonyl (C=O) groups is 2. The largest absolute Gasteiger partial charge is 0.396 e. The first-order valence-corrected chi connectivity index (χ1v) is 6.30. The average Bonchev–Trinajstić information content (AvgIpc) is 2.49. The number of ether oxygens (including phenoxy) is 1. The molecule has 2 rings (SSSR count). The second kappa shape index (κ2) is 6.04. The van der Waals surface area contributed by atoms with Gasteiger partial charge in [0.15, 0.2) is 5.82 Å². The SMILES string of the molecule is CNC(=O)C1COCCN1C(=O)c1cc(F)cc(N)c1F. The van der Waals surface area contributed by atoms with Crippen LogP contribution in [0.4, 0.5) is 14.5 Å². The molecule has 1 aliphatic heterocycles. The number of nitrogens with two attached hydrogens (primary N) is 1. The summed E-state index contributed by atoms with van der Waals surface area (Å²) in [5.74, 6) is -3.05. The van der Waals surface area contributed by atoms with Crippen LogP contribution in [0.5, 0.6) is 0 Å². The number of likely N-dealkylation sites (N-methyl/N-ethyl adjacent to an activating group) is 1. The van der Waals surface area contributed by atoms with Gasteiger partial charge < -0.3 is 20.7 Å². The summed E-state index contributed by atoms with van der Waals surface area (Å²) in [7, 11) is 1.42. The maximum Gasteiger partial charge on any atom is 0.257 e. The van der Waals surface area contributed by atoms with E-state index < -0.39 is 40.7 Å². The number of nitrogens with zero attached hydrogens (tertiary/aromatic N) is 1. The normalized spacial score (nSPS) is 18.4. The van der Waals surface area contributed by atoms with Gasteiger partial charge >= 0.3 is 0 Å². The lowest BCUT2D eigenvalue weighted by molar-refractivity contribution is -0.130. The van der Waals surface area contributed by atoms with Crippen molar-refractivity contribution < 1.29 is 23.1 Å². The molecule has 21 heavy (non-hydrogen) atoms. The molecule has 1 aliphatic rings. The van der Waals surface area contributed by atoms with Crippen LogP contribution in [-0.2, 0) is 9.53 Å². The quantitative estimate of drug-likeness (QED) is 0.761. The molecule has 1 fully saturated rings. The van der Waals surface area contributed by atoms with Gasteiger partial charge in [0.1, 0.15) is 11.9 Å². The van der Waals surface area contributed by atoms with Crippen molar-refractivity contribution in [1.82, 2.24) is 10.2 Å². The molecule has 0 aliphatic carbocycles. The van der Waals surface area contributed by atoms with E-state index in [0.717, 1.165) is 17.0 Å². The number of nitrogen functional groups attached to an aromatic ring is 1. The topological polar surface area (TPSA) is 84.7 Å². The Balaban J connectivity index is 2.35. The number of halogens is 2. The highest BCUT2D eigenvalue weighted by atomic mass is 19.1. The summed E-state index contributed by atoms with van der Waals surface area (Å²) in [5.41, 5.74) is 4.37. The summed E-state index contributed by atoms with van der Waals surface area (Å²) >= 11 is 0. The molecule has 1 saturated heterocycles. The Morgan fingerprint density at radius 2 is 2.14 bits per heavy atom. The van der Waals surface area contributed by atoms with Gasteiger partial charge in [0, 0.05) is 13.6 Å². The molecule has 0 bridgehead atoms. The van der Waals surface area contributed by atoms with Crippen LogP contribution in [0.1, 0.15) is 10.4 Å². The molecule has 0 saturated carbocycles. The molecule has 2 amide bonds. The molecule has 1 unspecified atom stereocenters. The predicted molar refractivity (Wildman–Crippen MR) is 70.5 cm³/mol. The minimum atomic E-state index is -0.997. The van der Waals surface area contributed by atoms with Crippen molar-refractivity contribution in [2.45, 2.75) is 6.04 Å². The maximum absolute atomic E-state index is 13.9. The molecule has 8 heteroatoms. The number of benzene rings is 1. The first-order valence-electron chi connectivity index (χ1n) is 6.30. The van der Waals surface area contributed by atoms with Crippen molar-refractivity contribution >= 4 is 17.5 Å². The van der Waals surface area contributed by atoms with Crippen molar-refractivity contribution in [2.75, 3.05) is 32.5 Å². The molecular formula is C13H15F2N3O3. The highest BCUT2D eigenvalue weighted by Crippen LogP contribution is 2.21. The van der Waals surface area contributed by atoms with Crippen LogP contribution in [0.15, 0.2) is 12.1 Å². The first kappa shape index (κ1) is 15.2. The second-order valence-electron chi connectivity index (χ2n) is 4.56. The van der Waals surface area contributed by atoms with Crippen LogP contribution in [-0.4, -0.2) is 49.6 Å². The van der Waals surface area contributed by atoms with Gasteiger partial charge in [-0.1, -0.05) is 0 Å². The fourth-order valence-electron chi connectivity index (χ4n) is 2.15. The molecule has 1 heterocycles. The molecule has 0 radical (unpaired) electrons. The number of rotatable bonds is 2. The Bertz CT molecular complexity index is 580. The Hall–Kier alpha value is -2.22. The smallest absolute Gasteiger partial charge is 0.257 e. The third kappa shape index (κ3) is 2.94. The molecule has 1 aromatic rings. The first-order chi connectivity index (χ1) is 9.95. The van der Waals surface area contributed by atoms with Crippen molar-refractivity contribution in [3.63, 3.8) is 0 Å². The van der Waals surface area contributed by atoms with Gasteiger partial charge in [-0.3, -0.25) is 9.59 Å². The van der Waals surface area contributed by atoms with E-state index >= 15 is 0 Å². The van der Waals surface area contributed by atoms with E-state index in [2.05, 4.69) is 5.32 Å². The second-order valence-corrected chi connectivity index (χ2v) is 4.56. The van der Waals surface area contributed by atoms with Crippen molar-refractivity contribution in [2.24, 2.45) is 0 Å². The summed E-state index contributed by atoms with van der Waals surface area (Å²) in [4.78, 5) is 25.3. The Morgan fingerprint density at radius 1 is 1.43 bits per heavy atom. The molecule has 114 valence electrons. The number of morpholine rings is 1. The van der Waals surface area contributed by atoms with E-state index in [0.29, 0.717) is 0 Å². The average molecular weight is 299 g/mol. The number of carbonyl (C=O) groups excluding carboxylic acids is 2. The molecule has 0 aromatic heterocycles. The van der Waals surface area contributed by atoms with Gasteiger partial charge in [0.05, 0.1) is 24.5 Å². The number of nitrogens with one attached hydrogen (secondary N) is 1. The van der Waals surface area contributed by atoms with Gasteiger partial charge in [0.2, 0.25) is 5.91 Å². The van der Waals surface area contributed by atoms with Crippen molar-refractivity contribution in [1.29, 1.82) is 0 Å². The van der Waals surface area contributed by atoms with Crippen LogP contribution in [0, 0.1) is 11.6 Å². The third-order valence-electron chi connectivity index (χ3n) is 3.23. The molecule has 1 aromatic carbocycles. The van der Waals surface area contributed by atoms with Gasteiger partial charge in [-0.2, -0.15) is 0 Å². The highest BCUT2D eigenvalue weighted by Gasteiger charge is 2.34. The number of anilines is 1. The number of hydrogen-bond acceptors (Lipinski definition) is 4. The van der Waals surface area contributed by atoms with Crippen molar-refractivity contribution in [3.8, 4) is 0 Å². The van der Waals surface area contributed by atoms with Crippen LogP contribution >= 0.6 is 0 Å². The van der Waals surface area contributed by atoms with E-state index in [1.165, 1.54) is 7.05 Å². The zero-order valence-corrected chi connectivity index (χ0v) is 11.4. The minimum absolute atomic E-state index is 0.00215.